The van der Waals surface area contributed by atoms with Gasteiger partial charge in [-0.1, -0.05) is 13.0 Å². The van der Waals surface area contributed by atoms with E-state index in [1.807, 2.05) is 6.07 Å². The van der Waals surface area contributed by atoms with E-state index in [-0.39, 0.29) is 6.10 Å². The standard InChI is InChI=1S/C15H24BrNO/c1-4-9-17-10-5-6-13(3)18-15-8-7-12(2)11-14(15)16/h7-8,11,13,17H,4-6,9-10H2,1-3H3. The summed E-state index contributed by atoms with van der Waals surface area (Å²) in [5, 5.41) is 3.41. The van der Waals surface area contributed by atoms with Crippen molar-refractivity contribution < 1.29 is 4.74 Å². The molecule has 0 aromatic heterocycles. The third kappa shape index (κ3) is 5.87. The maximum Gasteiger partial charge on any atom is 0.133 e. The van der Waals surface area contributed by atoms with Crippen LogP contribution in [-0.4, -0.2) is 19.2 Å². The molecule has 0 saturated carbocycles. The van der Waals surface area contributed by atoms with Gasteiger partial charge in [-0.3, -0.25) is 0 Å². The van der Waals surface area contributed by atoms with Gasteiger partial charge in [-0.25, -0.2) is 0 Å². The largest absolute Gasteiger partial charge is 0.490 e. The topological polar surface area (TPSA) is 21.3 Å². The normalized spacial score (nSPS) is 12.4. The predicted molar refractivity (Wildman–Crippen MR) is 81.4 cm³/mol. The fourth-order valence-corrected chi connectivity index (χ4v) is 2.38. The lowest BCUT2D eigenvalue weighted by Crippen LogP contribution is -2.19. The maximum absolute atomic E-state index is 5.93. The zero-order chi connectivity index (χ0) is 13.4. The van der Waals surface area contributed by atoms with E-state index in [1.54, 1.807) is 0 Å². The summed E-state index contributed by atoms with van der Waals surface area (Å²) in [5.41, 5.74) is 1.24. The minimum absolute atomic E-state index is 0.257. The molecular formula is C15H24BrNO. The Kier molecular flexibility index (Phi) is 7.36. The fraction of sp³-hybridized carbons (Fsp3) is 0.600. The molecule has 0 saturated heterocycles. The number of aryl methyl sites for hydroxylation is 1. The molecule has 0 radical (unpaired) electrons. The van der Waals surface area contributed by atoms with Gasteiger partial charge in [-0.05, 0) is 79.8 Å². The number of hydrogen-bond acceptors (Lipinski definition) is 2. The number of nitrogens with one attached hydrogen (secondary N) is 1. The van der Waals surface area contributed by atoms with Crippen molar-refractivity contribution >= 4 is 15.9 Å². The van der Waals surface area contributed by atoms with Crippen LogP contribution in [0.5, 0.6) is 5.75 Å². The molecule has 2 nitrogen and oxygen atoms in total. The fourth-order valence-electron chi connectivity index (χ4n) is 1.79. The first kappa shape index (κ1) is 15.5. The summed E-state index contributed by atoms with van der Waals surface area (Å²) in [4.78, 5) is 0. The van der Waals surface area contributed by atoms with Gasteiger partial charge in [0.15, 0.2) is 0 Å². The summed E-state index contributed by atoms with van der Waals surface area (Å²) in [6.07, 6.45) is 3.69. The predicted octanol–water partition coefficient (Wildman–Crippen LogP) is 4.30. The third-order valence-electron chi connectivity index (χ3n) is 2.81. The van der Waals surface area contributed by atoms with Crippen LogP contribution < -0.4 is 10.1 Å². The van der Waals surface area contributed by atoms with Crippen molar-refractivity contribution in [2.24, 2.45) is 0 Å². The molecular weight excluding hydrogens is 290 g/mol. The van der Waals surface area contributed by atoms with Crippen molar-refractivity contribution in [1.29, 1.82) is 0 Å². The van der Waals surface area contributed by atoms with Gasteiger partial charge >= 0.3 is 0 Å². The highest BCUT2D eigenvalue weighted by atomic mass is 79.9. The van der Waals surface area contributed by atoms with E-state index in [2.05, 4.69) is 54.2 Å². The van der Waals surface area contributed by atoms with Gasteiger partial charge in [0.25, 0.3) is 0 Å². The van der Waals surface area contributed by atoms with Crippen LogP contribution in [-0.2, 0) is 0 Å². The Morgan fingerprint density at radius 1 is 1.33 bits per heavy atom. The summed E-state index contributed by atoms with van der Waals surface area (Å²) in [7, 11) is 0. The molecule has 0 fully saturated rings. The second kappa shape index (κ2) is 8.54. The first-order chi connectivity index (χ1) is 8.63. The van der Waals surface area contributed by atoms with E-state index in [0.717, 1.165) is 36.2 Å². The Hall–Kier alpha value is -0.540. The zero-order valence-electron chi connectivity index (χ0n) is 11.6. The number of ether oxygens (including phenoxy) is 1. The summed E-state index contributed by atoms with van der Waals surface area (Å²) < 4.78 is 6.97. The number of hydrogen-bond donors (Lipinski definition) is 1. The highest BCUT2D eigenvalue weighted by molar-refractivity contribution is 9.10. The molecule has 1 aromatic rings. The first-order valence-electron chi connectivity index (χ1n) is 6.77. The minimum Gasteiger partial charge on any atom is -0.490 e. The van der Waals surface area contributed by atoms with Crippen molar-refractivity contribution in [2.75, 3.05) is 13.1 Å². The SMILES string of the molecule is CCCNCCCC(C)Oc1ccc(C)cc1Br. The monoisotopic (exact) mass is 313 g/mol. The molecule has 102 valence electrons. The molecule has 1 atom stereocenters. The second-order valence-electron chi connectivity index (χ2n) is 4.75. The number of rotatable bonds is 8. The highest BCUT2D eigenvalue weighted by Gasteiger charge is 2.07. The Morgan fingerprint density at radius 2 is 2.11 bits per heavy atom. The van der Waals surface area contributed by atoms with E-state index in [0.29, 0.717) is 0 Å². The number of benzene rings is 1. The summed E-state index contributed by atoms with van der Waals surface area (Å²) in [6, 6.07) is 6.20. The van der Waals surface area contributed by atoms with E-state index in [1.165, 1.54) is 12.0 Å². The van der Waals surface area contributed by atoms with Crippen LogP contribution in [0, 0.1) is 6.92 Å². The molecule has 0 aliphatic heterocycles. The molecule has 1 unspecified atom stereocenters. The Labute approximate surface area is 119 Å². The van der Waals surface area contributed by atoms with Gasteiger partial charge < -0.3 is 10.1 Å². The maximum atomic E-state index is 5.93. The quantitative estimate of drug-likeness (QED) is 0.722. The summed E-state index contributed by atoms with van der Waals surface area (Å²) >= 11 is 3.54. The first-order valence-corrected chi connectivity index (χ1v) is 7.56. The van der Waals surface area contributed by atoms with Crippen molar-refractivity contribution in [3.8, 4) is 5.75 Å². The van der Waals surface area contributed by atoms with Crippen LogP contribution in [0.3, 0.4) is 0 Å². The molecule has 0 heterocycles. The minimum atomic E-state index is 0.257. The van der Waals surface area contributed by atoms with Crippen LogP contribution in [0.2, 0.25) is 0 Å². The zero-order valence-corrected chi connectivity index (χ0v) is 13.2. The molecule has 0 spiro atoms. The van der Waals surface area contributed by atoms with Crippen LogP contribution in [0.4, 0.5) is 0 Å². The van der Waals surface area contributed by atoms with Crippen molar-refractivity contribution in [3.05, 3.63) is 28.2 Å². The van der Waals surface area contributed by atoms with Crippen LogP contribution in [0.15, 0.2) is 22.7 Å². The lowest BCUT2D eigenvalue weighted by atomic mass is 10.2. The van der Waals surface area contributed by atoms with Crippen molar-refractivity contribution in [3.63, 3.8) is 0 Å². The van der Waals surface area contributed by atoms with E-state index in [4.69, 9.17) is 4.74 Å². The van der Waals surface area contributed by atoms with Crippen LogP contribution in [0.1, 0.15) is 38.7 Å². The van der Waals surface area contributed by atoms with E-state index in [9.17, 15) is 0 Å². The molecule has 1 N–H and O–H groups in total. The van der Waals surface area contributed by atoms with Gasteiger partial charge in [0.05, 0.1) is 10.6 Å². The van der Waals surface area contributed by atoms with E-state index >= 15 is 0 Å². The van der Waals surface area contributed by atoms with Gasteiger partial charge in [-0.2, -0.15) is 0 Å². The van der Waals surface area contributed by atoms with E-state index < -0.39 is 0 Å². The molecule has 0 bridgehead atoms. The van der Waals surface area contributed by atoms with Crippen LogP contribution >= 0.6 is 15.9 Å². The molecule has 1 rings (SSSR count). The molecule has 18 heavy (non-hydrogen) atoms. The Morgan fingerprint density at radius 3 is 2.78 bits per heavy atom. The van der Waals surface area contributed by atoms with Gasteiger partial charge in [0.2, 0.25) is 0 Å². The average molecular weight is 314 g/mol. The summed E-state index contributed by atoms with van der Waals surface area (Å²) in [5.74, 6) is 0.939. The number of halogens is 1. The van der Waals surface area contributed by atoms with Crippen LogP contribution in [0.25, 0.3) is 0 Å². The second-order valence-corrected chi connectivity index (χ2v) is 5.61. The third-order valence-corrected chi connectivity index (χ3v) is 3.43. The van der Waals surface area contributed by atoms with Crippen molar-refractivity contribution in [2.45, 2.75) is 46.1 Å². The summed E-state index contributed by atoms with van der Waals surface area (Å²) in [6.45, 7) is 8.59. The smallest absolute Gasteiger partial charge is 0.133 e. The Bertz CT molecular complexity index is 354. The molecule has 0 aliphatic carbocycles. The highest BCUT2D eigenvalue weighted by Crippen LogP contribution is 2.27. The van der Waals surface area contributed by atoms with Gasteiger partial charge in [-0.15, -0.1) is 0 Å². The lowest BCUT2D eigenvalue weighted by Gasteiger charge is -2.16. The van der Waals surface area contributed by atoms with Gasteiger partial charge in [0, 0.05) is 0 Å². The van der Waals surface area contributed by atoms with Crippen molar-refractivity contribution in [1.82, 2.24) is 5.32 Å². The molecule has 1 aromatic carbocycles. The molecule has 3 heteroatoms. The lowest BCUT2D eigenvalue weighted by molar-refractivity contribution is 0.206. The molecule has 0 amide bonds. The van der Waals surface area contributed by atoms with Gasteiger partial charge in [0.1, 0.15) is 5.75 Å². The molecule has 0 aliphatic rings. The Balaban J connectivity index is 2.28. The average Bonchev–Trinajstić information content (AvgIpc) is 2.32.